The lowest BCUT2D eigenvalue weighted by Crippen LogP contribution is -2.25. The van der Waals surface area contributed by atoms with Crippen molar-refractivity contribution < 1.29 is 9.53 Å². The van der Waals surface area contributed by atoms with Gasteiger partial charge in [-0.05, 0) is 25.1 Å². The van der Waals surface area contributed by atoms with Crippen LogP contribution in [-0.2, 0) is 13.1 Å². The van der Waals surface area contributed by atoms with Gasteiger partial charge in [-0.25, -0.2) is 4.98 Å². The molecule has 1 aliphatic heterocycles. The van der Waals surface area contributed by atoms with Crippen LogP contribution in [0.25, 0.3) is 0 Å². The molecule has 2 aromatic rings. The summed E-state index contributed by atoms with van der Waals surface area (Å²) in [6.45, 7) is 3.62. The third-order valence-corrected chi connectivity index (χ3v) is 4.06. The fraction of sp³-hybridized carbons (Fsp3) is 0.286. The Bertz CT molecular complexity index is 630. The molecule has 1 aromatic carbocycles. The number of aromatic nitrogens is 1. The molecule has 20 heavy (non-hydrogen) atoms. The fourth-order valence-corrected chi connectivity index (χ4v) is 3.13. The van der Waals surface area contributed by atoms with Gasteiger partial charge in [-0.2, -0.15) is 0 Å². The van der Waals surface area contributed by atoms with Crippen molar-refractivity contribution in [3.05, 3.63) is 40.4 Å². The molecule has 3 rings (SSSR count). The molecule has 0 unspecified atom stereocenters. The summed E-state index contributed by atoms with van der Waals surface area (Å²) in [6.07, 6.45) is 0. The summed E-state index contributed by atoms with van der Waals surface area (Å²) in [5.74, 6) is 0.713. The number of nitrogens with zero attached hydrogens (tertiary/aromatic N) is 2. The van der Waals surface area contributed by atoms with E-state index in [-0.39, 0.29) is 5.91 Å². The minimum atomic E-state index is -0.00433. The van der Waals surface area contributed by atoms with Gasteiger partial charge in [0.1, 0.15) is 5.75 Å². The third-order valence-electron chi connectivity index (χ3n) is 3.15. The quantitative estimate of drug-likeness (QED) is 0.941. The molecule has 5 nitrogen and oxygen atoms in total. The molecule has 0 radical (unpaired) electrons. The van der Waals surface area contributed by atoms with Gasteiger partial charge in [-0.3, -0.25) is 4.79 Å². The highest BCUT2D eigenvalue weighted by Crippen LogP contribution is 2.30. The first-order valence-corrected chi connectivity index (χ1v) is 7.25. The SMILES string of the molecule is CCOc1cccc(C(=O)N2Cc3nc(N)sc3C2)c1. The molecule has 2 heterocycles. The first-order valence-electron chi connectivity index (χ1n) is 6.43. The minimum absolute atomic E-state index is 0.00433. The van der Waals surface area contributed by atoms with Crippen LogP contribution in [0.15, 0.2) is 24.3 Å². The van der Waals surface area contributed by atoms with Crippen LogP contribution in [0, 0.1) is 0 Å². The van der Waals surface area contributed by atoms with Gasteiger partial charge >= 0.3 is 0 Å². The van der Waals surface area contributed by atoms with Crippen molar-refractivity contribution in [2.45, 2.75) is 20.0 Å². The topological polar surface area (TPSA) is 68.5 Å². The van der Waals surface area contributed by atoms with Crippen LogP contribution in [0.5, 0.6) is 5.75 Å². The Morgan fingerprint density at radius 2 is 2.35 bits per heavy atom. The zero-order valence-electron chi connectivity index (χ0n) is 11.1. The van der Waals surface area contributed by atoms with Gasteiger partial charge in [0.25, 0.3) is 5.91 Å². The maximum Gasteiger partial charge on any atom is 0.254 e. The van der Waals surface area contributed by atoms with Crippen molar-refractivity contribution in [1.82, 2.24) is 9.88 Å². The molecule has 0 saturated heterocycles. The molecule has 0 saturated carbocycles. The average Bonchev–Trinajstić information content (AvgIpc) is 2.95. The molecule has 104 valence electrons. The Kier molecular flexibility index (Phi) is 3.31. The molecular formula is C14H15N3O2S. The average molecular weight is 289 g/mol. The standard InChI is InChI=1S/C14H15N3O2S/c1-2-19-10-5-3-4-9(6-10)13(18)17-7-11-12(8-17)20-14(15)16-11/h3-6H,2,7-8H2,1H3,(H2,15,16). The second-order valence-corrected chi connectivity index (χ2v) is 5.66. The molecule has 0 atom stereocenters. The lowest BCUT2D eigenvalue weighted by atomic mass is 10.2. The van der Waals surface area contributed by atoms with Crippen LogP contribution in [-0.4, -0.2) is 22.4 Å². The monoisotopic (exact) mass is 289 g/mol. The van der Waals surface area contributed by atoms with Gasteiger partial charge in [0.05, 0.1) is 30.3 Å². The van der Waals surface area contributed by atoms with Gasteiger partial charge in [0.15, 0.2) is 5.13 Å². The zero-order chi connectivity index (χ0) is 14.1. The highest BCUT2D eigenvalue weighted by atomic mass is 32.1. The minimum Gasteiger partial charge on any atom is -0.494 e. The van der Waals surface area contributed by atoms with Crippen LogP contribution in [0.1, 0.15) is 27.9 Å². The van der Waals surface area contributed by atoms with E-state index in [0.29, 0.717) is 30.4 Å². The van der Waals surface area contributed by atoms with E-state index in [1.54, 1.807) is 17.0 Å². The van der Waals surface area contributed by atoms with E-state index in [9.17, 15) is 4.79 Å². The maximum atomic E-state index is 12.5. The van der Waals surface area contributed by atoms with Crippen molar-refractivity contribution >= 4 is 22.4 Å². The molecule has 1 aromatic heterocycles. The Labute approximate surface area is 121 Å². The maximum absolute atomic E-state index is 12.5. The molecule has 0 fully saturated rings. The van der Waals surface area contributed by atoms with E-state index in [2.05, 4.69) is 4.98 Å². The number of thiazole rings is 1. The first kappa shape index (κ1) is 12.9. The number of nitrogen functional groups attached to an aromatic ring is 1. The number of carbonyl (C=O) groups is 1. The van der Waals surface area contributed by atoms with E-state index in [1.165, 1.54) is 11.3 Å². The molecule has 2 N–H and O–H groups in total. The van der Waals surface area contributed by atoms with Gasteiger partial charge < -0.3 is 15.4 Å². The number of fused-ring (bicyclic) bond motifs is 1. The van der Waals surface area contributed by atoms with Crippen LogP contribution < -0.4 is 10.5 Å². The molecule has 0 spiro atoms. The normalized spacial score (nSPS) is 13.3. The summed E-state index contributed by atoms with van der Waals surface area (Å²) in [6, 6.07) is 7.27. The van der Waals surface area contributed by atoms with Crippen LogP contribution in [0.4, 0.5) is 5.13 Å². The second kappa shape index (κ2) is 5.13. The van der Waals surface area contributed by atoms with E-state index < -0.39 is 0 Å². The number of benzene rings is 1. The highest BCUT2D eigenvalue weighted by molar-refractivity contribution is 7.15. The number of nitrogens with two attached hydrogens (primary N) is 1. The number of rotatable bonds is 3. The fourth-order valence-electron chi connectivity index (χ4n) is 2.27. The van der Waals surface area contributed by atoms with Crippen molar-refractivity contribution in [3.63, 3.8) is 0 Å². The lowest BCUT2D eigenvalue weighted by molar-refractivity contribution is 0.0750. The predicted octanol–water partition coefficient (Wildman–Crippen LogP) is 2.28. The molecule has 0 aliphatic carbocycles. The highest BCUT2D eigenvalue weighted by Gasteiger charge is 2.27. The molecule has 6 heteroatoms. The van der Waals surface area contributed by atoms with Crippen LogP contribution >= 0.6 is 11.3 Å². The van der Waals surface area contributed by atoms with Crippen LogP contribution in [0.3, 0.4) is 0 Å². The largest absolute Gasteiger partial charge is 0.494 e. The smallest absolute Gasteiger partial charge is 0.254 e. The van der Waals surface area contributed by atoms with E-state index in [4.69, 9.17) is 10.5 Å². The van der Waals surface area contributed by atoms with Crippen molar-refractivity contribution in [3.8, 4) is 5.75 Å². The number of carbonyl (C=O) groups excluding carboxylic acids is 1. The molecule has 0 bridgehead atoms. The number of anilines is 1. The van der Waals surface area contributed by atoms with Crippen LogP contribution in [0.2, 0.25) is 0 Å². The summed E-state index contributed by atoms with van der Waals surface area (Å²) in [5.41, 5.74) is 7.22. The summed E-state index contributed by atoms with van der Waals surface area (Å²) < 4.78 is 5.42. The third kappa shape index (κ3) is 2.34. The number of amides is 1. The number of hydrogen-bond acceptors (Lipinski definition) is 5. The first-order chi connectivity index (χ1) is 9.67. The van der Waals surface area contributed by atoms with Gasteiger partial charge in [-0.15, -0.1) is 11.3 Å². The zero-order valence-corrected chi connectivity index (χ0v) is 11.9. The van der Waals surface area contributed by atoms with E-state index in [0.717, 1.165) is 16.3 Å². The molecular weight excluding hydrogens is 274 g/mol. The number of ether oxygens (including phenoxy) is 1. The summed E-state index contributed by atoms with van der Waals surface area (Å²) in [7, 11) is 0. The van der Waals surface area contributed by atoms with E-state index in [1.807, 2.05) is 19.1 Å². The van der Waals surface area contributed by atoms with Gasteiger partial charge in [-0.1, -0.05) is 6.07 Å². The van der Waals surface area contributed by atoms with Crippen molar-refractivity contribution in [2.24, 2.45) is 0 Å². The summed E-state index contributed by atoms with van der Waals surface area (Å²) in [4.78, 5) is 19.6. The van der Waals surface area contributed by atoms with E-state index >= 15 is 0 Å². The molecule has 1 amide bonds. The Balaban J connectivity index is 1.77. The summed E-state index contributed by atoms with van der Waals surface area (Å²) in [5, 5.41) is 0.570. The van der Waals surface area contributed by atoms with Gasteiger partial charge in [0, 0.05) is 5.56 Å². The summed E-state index contributed by atoms with van der Waals surface area (Å²) >= 11 is 1.45. The van der Waals surface area contributed by atoms with Crippen molar-refractivity contribution in [2.75, 3.05) is 12.3 Å². The number of hydrogen-bond donors (Lipinski definition) is 1. The Morgan fingerprint density at radius 3 is 3.10 bits per heavy atom. The second-order valence-electron chi connectivity index (χ2n) is 4.54. The lowest BCUT2D eigenvalue weighted by Gasteiger charge is -2.16. The predicted molar refractivity (Wildman–Crippen MR) is 77.7 cm³/mol. The Morgan fingerprint density at radius 1 is 1.50 bits per heavy atom. The van der Waals surface area contributed by atoms with Crippen molar-refractivity contribution in [1.29, 1.82) is 0 Å². The Hall–Kier alpha value is -2.08. The molecule has 1 aliphatic rings. The van der Waals surface area contributed by atoms with Gasteiger partial charge in [0.2, 0.25) is 0 Å².